The van der Waals surface area contributed by atoms with E-state index in [2.05, 4.69) is 4.90 Å². The van der Waals surface area contributed by atoms with Gasteiger partial charge in [0.05, 0.1) is 27.9 Å². The van der Waals surface area contributed by atoms with Crippen LogP contribution in [0.15, 0.2) is 36.4 Å². The van der Waals surface area contributed by atoms with Crippen LogP contribution in [0.1, 0.15) is 24.0 Å². The molecule has 0 aliphatic carbocycles. The number of aliphatic hydroxyl groups is 1. The van der Waals surface area contributed by atoms with E-state index in [1.54, 1.807) is 21.3 Å². The number of nitrogens with zero attached hydrogens (tertiary/aromatic N) is 1. The highest BCUT2D eigenvalue weighted by molar-refractivity contribution is 5.55. The van der Waals surface area contributed by atoms with Gasteiger partial charge >= 0.3 is 0 Å². The van der Waals surface area contributed by atoms with Crippen molar-refractivity contribution in [1.29, 1.82) is 0 Å². The van der Waals surface area contributed by atoms with Crippen LogP contribution in [0.2, 0.25) is 0 Å². The lowest BCUT2D eigenvalue weighted by Gasteiger charge is -2.42. The van der Waals surface area contributed by atoms with E-state index in [0.29, 0.717) is 23.8 Å². The summed E-state index contributed by atoms with van der Waals surface area (Å²) >= 11 is 0. The van der Waals surface area contributed by atoms with Gasteiger partial charge in [0.2, 0.25) is 5.75 Å². The van der Waals surface area contributed by atoms with Gasteiger partial charge in [-0.05, 0) is 49.6 Å². The van der Waals surface area contributed by atoms with E-state index in [1.807, 2.05) is 24.3 Å². The molecule has 5 nitrogen and oxygen atoms in total. The van der Waals surface area contributed by atoms with Gasteiger partial charge in [0, 0.05) is 24.1 Å². The van der Waals surface area contributed by atoms with E-state index < -0.39 is 0 Å². The minimum absolute atomic E-state index is 0.101. The molecule has 29 heavy (non-hydrogen) atoms. The van der Waals surface area contributed by atoms with Crippen molar-refractivity contribution in [2.24, 2.45) is 5.41 Å². The average molecular weight is 403 g/mol. The lowest BCUT2D eigenvalue weighted by molar-refractivity contribution is 0.0285. The van der Waals surface area contributed by atoms with Crippen LogP contribution in [0.25, 0.3) is 0 Å². The van der Waals surface area contributed by atoms with Crippen molar-refractivity contribution >= 4 is 0 Å². The molecule has 0 unspecified atom stereocenters. The van der Waals surface area contributed by atoms with Crippen molar-refractivity contribution in [3.8, 4) is 17.2 Å². The Morgan fingerprint density at radius 3 is 2.34 bits per heavy atom. The van der Waals surface area contributed by atoms with Crippen molar-refractivity contribution in [2.75, 3.05) is 41.0 Å². The molecule has 2 aromatic rings. The first-order valence-corrected chi connectivity index (χ1v) is 9.89. The summed E-state index contributed by atoms with van der Waals surface area (Å²) in [6, 6.07) is 10.5. The first kappa shape index (κ1) is 21.4. The predicted molar refractivity (Wildman–Crippen MR) is 110 cm³/mol. The number of halogens is 1. The number of likely N-dealkylation sites (tertiary alicyclic amines) is 1. The first-order chi connectivity index (χ1) is 14.0. The van der Waals surface area contributed by atoms with Crippen molar-refractivity contribution in [2.45, 2.75) is 25.8 Å². The lowest BCUT2D eigenvalue weighted by Crippen LogP contribution is -2.46. The van der Waals surface area contributed by atoms with E-state index in [9.17, 15) is 9.50 Å². The zero-order chi connectivity index (χ0) is 20.9. The van der Waals surface area contributed by atoms with Crippen LogP contribution in [0.3, 0.4) is 0 Å². The Morgan fingerprint density at radius 1 is 1.00 bits per heavy atom. The maximum atomic E-state index is 13.2. The Labute approximate surface area is 172 Å². The van der Waals surface area contributed by atoms with Crippen LogP contribution in [0.5, 0.6) is 17.2 Å². The molecule has 1 aliphatic heterocycles. The van der Waals surface area contributed by atoms with Gasteiger partial charge in [0.1, 0.15) is 5.82 Å². The number of hydrogen-bond acceptors (Lipinski definition) is 5. The second-order valence-corrected chi connectivity index (χ2v) is 7.77. The maximum absolute atomic E-state index is 13.2. The molecule has 0 saturated carbocycles. The van der Waals surface area contributed by atoms with Gasteiger partial charge in [-0.15, -0.1) is 0 Å². The van der Waals surface area contributed by atoms with Crippen LogP contribution < -0.4 is 14.2 Å². The molecule has 1 heterocycles. The number of hydrogen-bond donors (Lipinski definition) is 1. The second kappa shape index (κ2) is 9.46. The van der Waals surface area contributed by atoms with Crippen LogP contribution in [0, 0.1) is 11.2 Å². The van der Waals surface area contributed by atoms with Gasteiger partial charge in [-0.2, -0.15) is 0 Å². The fraction of sp³-hybridized carbons (Fsp3) is 0.478. The number of ether oxygens (including phenoxy) is 3. The topological polar surface area (TPSA) is 51.2 Å². The largest absolute Gasteiger partial charge is 0.493 e. The van der Waals surface area contributed by atoms with Gasteiger partial charge in [-0.3, -0.25) is 4.90 Å². The van der Waals surface area contributed by atoms with Crippen LogP contribution in [-0.2, 0) is 13.0 Å². The third kappa shape index (κ3) is 4.82. The smallest absolute Gasteiger partial charge is 0.203 e. The highest BCUT2D eigenvalue weighted by Crippen LogP contribution is 2.41. The molecule has 0 aromatic heterocycles. The molecule has 1 fully saturated rings. The monoisotopic (exact) mass is 403 g/mol. The van der Waals surface area contributed by atoms with Crippen molar-refractivity contribution in [3.05, 3.63) is 53.3 Å². The second-order valence-electron chi connectivity index (χ2n) is 7.77. The molecule has 0 bridgehead atoms. The van der Waals surface area contributed by atoms with Crippen LogP contribution in [-0.4, -0.2) is 51.0 Å². The summed E-state index contributed by atoms with van der Waals surface area (Å²) in [6.45, 7) is 2.50. The number of aliphatic hydroxyl groups excluding tert-OH is 1. The third-order valence-electron chi connectivity index (χ3n) is 5.75. The Balaban J connectivity index is 1.79. The molecule has 158 valence electrons. The molecule has 1 atom stereocenters. The van der Waals surface area contributed by atoms with Crippen molar-refractivity contribution in [1.82, 2.24) is 4.90 Å². The Morgan fingerprint density at radius 2 is 1.72 bits per heavy atom. The molecule has 0 amide bonds. The number of benzene rings is 2. The van der Waals surface area contributed by atoms with Gasteiger partial charge in [0.15, 0.2) is 11.5 Å². The quantitative estimate of drug-likeness (QED) is 0.729. The summed E-state index contributed by atoms with van der Waals surface area (Å²) in [5.41, 5.74) is 1.83. The Bertz CT molecular complexity index is 811. The van der Waals surface area contributed by atoms with E-state index in [-0.39, 0.29) is 17.8 Å². The minimum Gasteiger partial charge on any atom is -0.493 e. The standard InChI is InChI=1S/C23H30FNO4/c1-27-20-10-7-18(21(28-2)22(20)29-3)14-25-12-4-11-23(15-25,16-26)13-17-5-8-19(24)9-6-17/h5-10,26H,4,11-16H2,1-3H3/t23-/m1/s1. The van der Waals surface area contributed by atoms with Gasteiger partial charge in [0.25, 0.3) is 0 Å². The number of methoxy groups -OCH3 is 3. The van der Waals surface area contributed by atoms with Gasteiger partial charge in [-0.25, -0.2) is 4.39 Å². The predicted octanol–water partition coefficient (Wildman–Crippen LogP) is 3.67. The maximum Gasteiger partial charge on any atom is 0.203 e. The Kier molecular flexibility index (Phi) is 6.98. The molecule has 6 heteroatoms. The zero-order valence-corrected chi connectivity index (χ0v) is 17.4. The third-order valence-corrected chi connectivity index (χ3v) is 5.75. The van der Waals surface area contributed by atoms with Crippen molar-refractivity contribution in [3.63, 3.8) is 0 Å². The molecule has 1 aliphatic rings. The number of piperidine rings is 1. The molecule has 0 spiro atoms. The summed E-state index contributed by atoms with van der Waals surface area (Å²) in [4.78, 5) is 2.34. The zero-order valence-electron chi connectivity index (χ0n) is 17.4. The minimum atomic E-state index is -0.238. The van der Waals surface area contributed by atoms with E-state index >= 15 is 0 Å². The Hall–Kier alpha value is -2.31. The molecule has 1 saturated heterocycles. The molecule has 2 aromatic carbocycles. The average Bonchev–Trinajstić information content (AvgIpc) is 2.75. The highest BCUT2D eigenvalue weighted by atomic mass is 19.1. The summed E-state index contributed by atoms with van der Waals surface area (Å²) in [7, 11) is 4.83. The highest BCUT2D eigenvalue weighted by Gasteiger charge is 2.35. The molecular formula is C23H30FNO4. The fourth-order valence-electron chi connectivity index (χ4n) is 4.34. The van der Waals surface area contributed by atoms with Gasteiger partial charge < -0.3 is 19.3 Å². The van der Waals surface area contributed by atoms with E-state index in [4.69, 9.17) is 14.2 Å². The van der Waals surface area contributed by atoms with Crippen LogP contribution in [0.4, 0.5) is 4.39 Å². The van der Waals surface area contributed by atoms with Gasteiger partial charge in [-0.1, -0.05) is 18.2 Å². The summed E-state index contributed by atoms with van der Waals surface area (Å²) in [5, 5.41) is 10.2. The van der Waals surface area contributed by atoms with Crippen LogP contribution >= 0.6 is 0 Å². The van der Waals surface area contributed by atoms with E-state index in [1.165, 1.54) is 12.1 Å². The van der Waals surface area contributed by atoms with Crippen molar-refractivity contribution < 1.29 is 23.7 Å². The first-order valence-electron chi connectivity index (χ1n) is 9.89. The fourth-order valence-corrected chi connectivity index (χ4v) is 4.34. The summed E-state index contributed by atoms with van der Waals surface area (Å²) in [5.74, 6) is 1.65. The normalized spacial score (nSPS) is 19.8. The lowest BCUT2D eigenvalue weighted by atomic mass is 9.75. The summed E-state index contributed by atoms with van der Waals surface area (Å²) in [6.07, 6.45) is 2.67. The van der Waals surface area contributed by atoms with E-state index in [0.717, 1.165) is 43.5 Å². The SMILES string of the molecule is COc1ccc(CN2CCC[C@@](CO)(Cc3ccc(F)cc3)C2)c(OC)c1OC. The summed E-state index contributed by atoms with van der Waals surface area (Å²) < 4.78 is 29.7. The molecule has 1 N–H and O–H groups in total. The number of rotatable bonds is 8. The molecule has 3 rings (SSSR count). The molecular weight excluding hydrogens is 373 g/mol. The molecule has 0 radical (unpaired) electrons.